The standard InChI is InChI=1S/C11H22N2O2S/c1-3-10-8-12-5-6-13(10)11(2)4-7-16(14,15)9-11/h10,12H,3-9H2,1-2H3. The largest absolute Gasteiger partial charge is 0.314 e. The molecule has 0 aliphatic carbocycles. The number of nitrogens with one attached hydrogen (secondary N) is 1. The Kier molecular flexibility index (Phi) is 3.29. The number of piperazine rings is 1. The van der Waals surface area contributed by atoms with Gasteiger partial charge in [0.1, 0.15) is 0 Å². The van der Waals surface area contributed by atoms with E-state index in [1.165, 1.54) is 0 Å². The third-order valence-corrected chi connectivity index (χ3v) is 5.89. The summed E-state index contributed by atoms with van der Waals surface area (Å²) in [5.41, 5.74) is -0.123. The highest BCUT2D eigenvalue weighted by Gasteiger charge is 2.45. The van der Waals surface area contributed by atoms with Crippen LogP contribution < -0.4 is 5.32 Å². The van der Waals surface area contributed by atoms with Crippen LogP contribution in [0.5, 0.6) is 0 Å². The maximum atomic E-state index is 11.6. The molecule has 2 atom stereocenters. The second kappa shape index (κ2) is 4.27. The van der Waals surface area contributed by atoms with Crippen LogP contribution in [0.3, 0.4) is 0 Å². The van der Waals surface area contributed by atoms with E-state index in [2.05, 4.69) is 24.1 Å². The molecule has 0 bridgehead atoms. The van der Waals surface area contributed by atoms with E-state index in [-0.39, 0.29) is 5.54 Å². The van der Waals surface area contributed by atoms with Crippen LogP contribution in [0.2, 0.25) is 0 Å². The zero-order valence-corrected chi connectivity index (χ0v) is 11.0. The molecule has 0 aromatic carbocycles. The summed E-state index contributed by atoms with van der Waals surface area (Å²) in [4.78, 5) is 2.42. The van der Waals surface area contributed by atoms with E-state index in [1.807, 2.05) is 0 Å². The van der Waals surface area contributed by atoms with E-state index in [4.69, 9.17) is 0 Å². The maximum absolute atomic E-state index is 11.6. The summed E-state index contributed by atoms with van der Waals surface area (Å²) >= 11 is 0. The van der Waals surface area contributed by atoms with Gasteiger partial charge in [-0.3, -0.25) is 4.90 Å². The van der Waals surface area contributed by atoms with Crippen molar-refractivity contribution in [1.29, 1.82) is 0 Å². The fourth-order valence-corrected chi connectivity index (χ4v) is 5.21. The SMILES string of the molecule is CCC1CNCCN1C1(C)CCS(=O)(=O)C1. The van der Waals surface area contributed by atoms with Gasteiger partial charge in [0.15, 0.2) is 9.84 Å². The predicted molar refractivity (Wildman–Crippen MR) is 65.3 cm³/mol. The number of hydrogen-bond acceptors (Lipinski definition) is 4. The summed E-state index contributed by atoms with van der Waals surface area (Å²) in [5, 5.41) is 3.39. The second-order valence-electron chi connectivity index (χ2n) is 5.30. The Hall–Kier alpha value is -0.130. The molecule has 0 saturated carbocycles. The van der Waals surface area contributed by atoms with Gasteiger partial charge in [-0.15, -0.1) is 0 Å². The van der Waals surface area contributed by atoms with Gasteiger partial charge in [0, 0.05) is 31.2 Å². The molecule has 2 aliphatic heterocycles. The molecule has 2 heterocycles. The van der Waals surface area contributed by atoms with Crippen LogP contribution in [0.15, 0.2) is 0 Å². The van der Waals surface area contributed by atoms with Crippen molar-refractivity contribution >= 4 is 9.84 Å². The van der Waals surface area contributed by atoms with E-state index >= 15 is 0 Å². The van der Waals surface area contributed by atoms with Crippen LogP contribution in [0.1, 0.15) is 26.7 Å². The third-order valence-electron chi connectivity index (χ3n) is 4.00. The summed E-state index contributed by atoms with van der Waals surface area (Å²) in [6.45, 7) is 7.24. The number of sulfone groups is 1. The van der Waals surface area contributed by atoms with Crippen LogP contribution in [0.25, 0.3) is 0 Å². The number of nitrogens with zero attached hydrogens (tertiary/aromatic N) is 1. The lowest BCUT2D eigenvalue weighted by molar-refractivity contribution is 0.0517. The number of rotatable bonds is 2. The minimum Gasteiger partial charge on any atom is -0.314 e. The molecule has 0 aromatic heterocycles. The van der Waals surface area contributed by atoms with Crippen molar-refractivity contribution in [3.63, 3.8) is 0 Å². The lowest BCUT2D eigenvalue weighted by atomic mass is 9.94. The summed E-state index contributed by atoms with van der Waals surface area (Å²) in [6.07, 6.45) is 1.88. The molecular formula is C11H22N2O2S. The molecule has 0 radical (unpaired) electrons. The van der Waals surface area contributed by atoms with Gasteiger partial charge in [0.05, 0.1) is 11.5 Å². The van der Waals surface area contributed by atoms with Gasteiger partial charge >= 0.3 is 0 Å². The van der Waals surface area contributed by atoms with Crippen LogP contribution >= 0.6 is 0 Å². The Morgan fingerprint density at radius 3 is 2.81 bits per heavy atom. The average molecular weight is 246 g/mol. The van der Waals surface area contributed by atoms with Gasteiger partial charge < -0.3 is 5.32 Å². The molecule has 0 spiro atoms. The topological polar surface area (TPSA) is 49.4 Å². The molecule has 2 unspecified atom stereocenters. The molecular weight excluding hydrogens is 224 g/mol. The molecule has 2 saturated heterocycles. The Morgan fingerprint density at radius 2 is 2.25 bits per heavy atom. The summed E-state index contributed by atoms with van der Waals surface area (Å²) in [5.74, 6) is 0.709. The van der Waals surface area contributed by atoms with E-state index in [9.17, 15) is 8.42 Å². The van der Waals surface area contributed by atoms with Gasteiger partial charge in [0.2, 0.25) is 0 Å². The minimum absolute atomic E-state index is 0.123. The van der Waals surface area contributed by atoms with Crippen molar-refractivity contribution in [2.75, 3.05) is 31.1 Å². The zero-order valence-electron chi connectivity index (χ0n) is 10.2. The first kappa shape index (κ1) is 12.3. The molecule has 2 aliphatic rings. The van der Waals surface area contributed by atoms with Gasteiger partial charge in [-0.2, -0.15) is 0 Å². The fraction of sp³-hybridized carbons (Fsp3) is 1.00. The molecule has 0 aromatic rings. The predicted octanol–water partition coefficient (Wildman–Crippen LogP) is 0.247. The quantitative estimate of drug-likeness (QED) is 0.759. The van der Waals surface area contributed by atoms with Crippen molar-refractivity contribution in [2.24, 2.45) is 0 Å². The van der Waals surface area contributed by atoms with Gasteiger partial charge in [-0.25, -0.2) is 8.42 Å². The fourth-order valence-electron chi connectivity index (χ4n) is 3.06. The molecule has 16 heavy (non-hydrogen) atoms. The summed E-state index contributed by atoms with van der Waals surface area (Å²) < 4.78 is 23.3. The molecule has 1 N–H and O–H groups in total. The highest BCUT2D eigenvalue weighted by molar-refractivity contribution is 7.91. The monoisotopic (exact) mass is 246 g/mol. The van der Waals surface area contributed by atoms with Crippen molar-refractivity contribution in [3.8, 4) is 0 Å². The molecule has 2 fully saturated rings. The van der Waals surface area contributed by atoms with Gasteiger partial charge in [-0.05, 0) is 19.8 Å². The van der Waals surface area contributed by atoms with E-state index in [0.717, 1.165) is 32.5 Å². The zero-order chi connectivity index (χ0) is 11.8. The van der Waals surface area contributed by atoms with E-state index in [0.29, 0.717) is 17.5 Å². The smallest absolute Gasteiger partial charge is 0.152 e. The highest BCUT2D eigenvalue weighted by Crippen LogP contribution is 2.32. The first-order valence-corrected chi connectivity index (χ1v) is 7.97. The normalized spacial score (nSPS) is 40.0. The first-order chi connectivity index (χ1) is 7.47. The van der Waals surface area contributed by atoms with Crippen LogP contribution in [0.4, 0.5) is 0 Å². The maximum Gasteiger partial charge on any atom is 0.152 e. The Bertz CT molecular complexity index is 355. The summed E-state index contributed by atoms with van der Waals surface area (Å²) in [6, 6.07) is 0.493. The minimum atomic E-state index is -2.80. The molecule has 0 amide bonds. The van der Waals surface area contributed by atoms with Crippen LogP contribution in [-0.2, 0) is 9.84 Å². The van der Waals surface area contributed by atoms with Crippen molar-refractivity contribution in [3.05, 3.63) is 0 Å². The van der Waals surface area contributed by atoms with Crippen LogP contribution in [0, 0.1) is 0 Å². The molecule has 5 heteroatoms. The molecule has 2 rings (SSSR count). The average Bonchev–Trinajstić information content (AvgIpc) is 2.54. The van der Waals surface area contributed by atoms with Crippen molar-refractivity contribution < 1.29 is 8.42 Å². The van der Waals surface area contributed by atoms with Gasteiger partial charge in [0.25, 0.3) is 0 Å². The van der Waals surface area contributed by atoms with Crippen molar-refractivity contribution in [2.45, 2.75) is 38.3 Å². The van der Waals surface area contributed by atoms with E-state index in [1.54, 1.807) is 0 Å². The highest BCUT2D eigenvalue weighted by atomic mass is 32.2. The lowest BCUT2D eigenvalue weighted by Crippen LogP contribution is -2.60. The molecule has 94 valence electrons. The third kappa shape index (κ3) is 2.26. The Balaban J connectivity index is 2.16. The van der Waals surface area contributed by atoms with Crippen LogP contribution in [-0.4, -0.2) is 56.0 Å². The van der Waals surface area contributed by atoms with Crippen molar-refractivity contribution in [1.82, 2.24) is 10.2 Å². The first-order valence-electron chi connectivity index (χ1n) is 6.15. The van der Waals surface area contributed by atoms with E-state index < -0.39 is 9.84 Å². The Labute approximate surface area is 98.3 Å². The second-order valence-corrected chi connectivity index (χ2v) is 7.48. The summed E-state index contributed by atoms with van der Waals surface area (Å²) in [7, 11) is -2.80. The molecule has 4 nitrogen and oxygen atoms in total. The Morgan fingerprint density at radius 1 is 1.50 bits per heavy atom. The lowest BCUT2D eigenvalue weighted by Gasteiger charge is -2.45. The number of hydrogen-bond donors (Lipinski definition) is 1. The van der Waals surface area contributed by atoms with Gasteiger partial charge in [-0.1, -0.05) is 6.92 Å².